The van der Waals surface area contributed by atoms with Gasteiger partial charge in [-0.15, -0.1) is 0 Å². The first kappa shape index (κ1) is 97.5. The molecule has 8 heterocycles. The van der Waals surface area contributed by atoms with E-state index in [1.165, 1.54) is 179 Å². The third-order valence-electron chi connectivity index (χ3n) is 20.2. The van der Waals surface area contributed by atoms with E-state index in [1.807, 2.05) is 30.3 Å². The summed E-state index contributed by atoms with van der Waals surface area (Å²) < 4.78 is 29.8. The largest absolute Gasteiger partial charge is 0.493 e. The smallest absolute Gasteiger partial charge is 0.413 e. The van der Waals surface area contributed by atoms with E-state index in [0.29, 0.717) is 26.1 Å². The lowest BCUT2D eigenvalue weighted by Crippen LogP contribution is -2.21. The van der Waals surface area contributed by atoms with Crippen LogP contribution in [0.2, 0.25) is 0 Å². The van der Waals surface area contributed by atoms with E-state index < -0.39 is 53.4 Å². The van der Waals surface area contributed by atoms with E-state index in [1.54, 1.807) is 6.07 Å². The topological polar surface area (TPSA) is 419 Å². The molecular weight excluding hydrogens is 1620 g/mol. The molecule has 0 atom stereocenters. The summed E-state index contributed by atoms with van der Waals surface area (Å²) in [6, 6.07) is 38.2. The highest BCUT2D eigenvalue weighted by Crippen LogP contribution is 2.27. The Morgan fingerprint density at radius 2 is 0.449 bits per heavy atom. The average molecular weight is 1740 g/mol. The van der Waals surface area contributed by atoms with Crippen molar-refractivity contribution < 1.29 is 71.9 Å². The molecule has 674 valence electrons. The molecule has 0 spiro atoms. The van der Waals surface area contributed by atoms with Gasteiger partial charge in [0.05, 0.1) is 26.4 Å². The predicted molar refractivity (Wildman–Crippen MR) is 489 cm³/mol. The summed E-state index contributed by atoms with van der Waals surface area (Å²) in [6.07, 6.45) is 33.0. The number of aromatic nitrogens is 8. The first-order valence-corrected chi connectivity index (χ1v) is 44.8. The highest BCUT2D eigenvalue weighted by atomic mass is 16.5. The Kier molecular flexibility index (Phi) is 42.3. The maximum absolute atomic E-state index is 14.4. The minimum atomic E-state index is -1.35. The number of pyridine rings is 8. The summed E-state index contributed by atoms with van der Waals surface area (Å²) in [7, 11) is 0. The first-order valence-electron chi connectivity index (χ1n) is 44.8. The van der Waals surface area contributed by atoms with Gasteiger partial charge in [0.2, 0.25) is 0 Å². The molecule has 1 aromatic carbocycles. The van der Waals surface area contributed by atoms with Crippen molar-refractivity contribution in [3.8, 4) is 23.0 Å². The van der Waals surface area contributed by atoms with E-state index in [9.17, 15) is 48.3 Å². The van der Waals surface area contributed by atoms with Crippen LogP contribution in [0.3, 0.4) is 0 Å². The molecule has 0 saturated heterocycles. The lowest BCUT2D eigenvalue weighted by atomic mass is 10.1. The lowest BCUT2D eigenvalue weighted by molar-refractivity contribution is 0.0688. The molecule has 0 radical (unpaired) electrons. The summed E-state index contributed by atoms with van der Waals surface area (Å²) >= 11 is 0. The standard InChI is InChI=1S/C96H120N16O15/c1-5-9-13-17-21-25-29-36-54-123-68-58-72(97-73(59-68)89(114)107-82-48-41-49-83(102-82)108-92(117)76-62-70(125-56-38-31-27-23-19-15-11-7-3)63-77(99-76)93(118)111-86-52-43-53-87(104-86)112-96(122)127-66-67-44-34-33-35-45-67)88(113)105-80-46-40-47-81(101-80)106-90(115)74-60-69(124-55-37-30-26-22-18-14-10-6-2)61-75(98-74)91(116)109-84-50-42-51-85(103-84)110-94(119)78-64-71(65-79(100-78)95(120)121)126-57-39-32-28-24-20-16-12-8-4/h33-35,40-53,58-65H,5-32,36-39,54-57,66H2,1-4H3,(H,120,121)(H2,101,105,106,113,115)(H2,102,107,108,114,117)(H2,103,109,110,116,119)(H2,104,111,112,118,122). The van der Waals surface area contributed by atoms with Gasteiger partial charge in [-0.2, -0.15) is 0 Å². The van der Waals surface area contributed by atoms with E-state index >= 15 is 0 Å². The highest BCUT2D eigenvalue weighted by Gasteiger charge is 2.24. The molecular formula is C96H120N16O15. The third kappa shape index (κ3) is 36.0. The molecule has 0 aliphatic rings. The van der Waals surface area contributed by atoms with Crippen molar-refractivity contribution in [2.75, 3.05) is 69.0 Å². The quantitative estimate of drug-likeness (QED) is 0.0160. The summed E-state index contributed by atoms with van der Waals surface area (Å²) in [4.78, 5) is 159. The molecule has 9 N–H and O–H groups in total. The molecule has 0 fully saturated rings. The number of rotatable bonds is 58. The van der Waals surface area contributed by atoms with Crippen LogP contribution < -0.4 is 61.5 Å². The second-order valence-corrected chi connectivity index (χ2v) is 30.9. The third-order valence-corrected chi connectivity index (χ3v) is 20.2. The summed E-state index contributed by atoms with van der Waals surface area (Å²) in [5.74, 6) is -6.25. The summed E-state index contributed by atoms with van der Waals surface area (Å²) in [5.41, 5.74) is -1.22. The molecule has 0 unspecified atom stereocenters. The van der Waals surface area contributed by atoms with Crippen LogP contribution in [-0.4, -0.2) is 125 Å². The van der Waals surface area contributed by atoms with E-state index in [2.05, 4.69) is 110 Å². The molecule has 31 nitrogen and oxygen atoms in total. The zero-order valence-electron chi connectivity index (χ0n) is 73.3. The van der Waals surface area contributed by atoms with Crippen LogP contribution >= 0.6 is 0 Å². The minimum absolute atomic E-state index is 0.0148. The maximum Gasteiger partial charge on any atom is 0.413 e. The predicted octanol–water partition coefficient (Wildman–Crippen LogP) is 21.1. The Morgan fingerprint density at radius 3 is 0.677 bits per heavy atom. The number of carboxylic acids is 1. The average Bonchev–Trinajstić information content (AvgIpc) is 0.832. The maximum atomic E-state index is 14.4. The van der Waals surface area contributed by atoms with Crippen molar-refractivity contribution in [2.24, 2.45) is 0 Å². The summed E-state index contributed by atoms with van der Waals surface area (Å²) in [6.45, 7) is 9.87. The molecule has 9 rings (SSSR count). The van der Waals surface area contributed by atoms with Gasteiger partial charge in [0.1, 0.15) is 116 Å². The van der Waals surface area contributed by atoms with Crippen LogP contribution in [0.25, 0.3) is 0 Å². The number of amides is 8. The van der Waals surface area contributed by atoms with Gasteiger partial charge in [-0.05, 0) is 79.8 Å². The van der Waals surface area contributed by atoms with E-state index in [0.717, 1.165) is 134 Å². The Morgan fingerprint density at radius 1 is 0.244 bits per heavy atom. The fourth-order valence-electron chi connectivity index (χ4n) is 13.4. The number of anilines is 8. The number of unbranched alkanes of at least 4 members (excludes halogenated alkanes) is 28. The lowest BCUT2D eigenvalue weighted by Gasteiger charge is -2.13. The summed E-state index contributed by atoms with van der Waals surface area (Å²) in [5, 5.41) is 31.3. The van der Waals surface area contributed by atoms with Crippen LogP contribution in [-0.2, 0) is 11.3 Å². The van der Waals surface area contributed by atoms with Crippen molar-refractivity contribution >= 4 is 100.0 Å². The zero-order chi connectivity index (χ0) is 90.0. The molecule has 8 aromatic heterocycles. The van der Waals surface area contributed by atoms with Gasteiger partial charge in [0.25, 0.3) is 41.4 Å². The number of carbonyl (C=O) groups excluding carboxylic acids is 8. The number of carboxylic acid groups (broad SMARTS) is 1. The van der Waals surface area contributed by atoms with Gasteiger partial charge in [-0.3, -0.25) is 38.9 Å². The van der Waals surface area contributed by atoms with Gasteiger partial charge in [-0.25, -0.2) is 49.5 Å². The molecule has 0 aliphatic heterocycles. The molecule has 0 saturated carbocycles. The Bertz CT molecular complexity index is 5040. The van der Waals surface area contributed by atoms with E-state index in [4.69, 9.17) is 23.7 Å². The number of benzene rings is 1. The monoisotopic (exact) mass is 1740 g/mol. The second kappa shape index (κ2) is 55.1. The molecule has 127 heavy (non-hydrogen) atoms. The number of nitrogens with one attached hydrogen (secondary N) is 8. The molecule has 31 heteroatoms. The van der Waals surface area contributed by atoms with Crippen LogP contribution in [0.1, 0.15) is 323 Å². The molecule has 9 aromatic rings. The SMILES string of the molecule is CCCCCCCCCCOc1cc(C(=O)O)nc(C(=O)Nc2cccc(NC(=O)c3cc(OCCCCCCCCCC)cc(C(=O)Nc4cccc(NC(=O)c5cc(OCCCCCCCCCC)cc(C(=O)Nc6cccc(NC(=O)c7cc(OCCCCCCCCCC)cc(C(=O)Nc8cccc(NC(=O)OCc9ccccc9)n8)n7)n6)n5)n4)n3)n2)c1. The van der Waals surface area contributed by atoms with Gasteiger partial charge >= 0.3 is 12.1 Å². The van der Waals surface area contributed by atoms with Crippen molar-refractivity contribution in [3.63, 3.8) is 0 Å². The number of hydrogen-bond acceptors (Lipinski definition) is 22. The molecule has 8 amide bonds. The number of nitrogens with zero attached hydrogens (tertiary/aromatic N) is 8. The van der Waals surface area contributed by atoms with Crippen LogP contribution in [0.5, 0.6) is 23.0 Å². The number of carbonyl (C=O) groups is 9. The van der Waals surface area contributed by atoms with Gasteiger partial charge < -0.3 is 66.0 Å². The van der Waals surface area contributed by atoms with Gasteiger partial charge in [0, 0.05) is 48.5 Å². The zero-order valence-corrected chi connectivity index (χ0v) is 73.3. The number of aromatic carboxylic acids is 1. The van der Waals surface area contributed by atoms with Crippen molar-refractivity contribution in [2.45, 2.75) is 240 Å². The van der Waals surface area contributed by atoms with Crippen molar-refractivity contribution in [1.29, 1.82) is 0 Å². The molecule has 0 bridgehead atoms. The van der Waals surface area contributed by atoms with Gasteiger partial charge in [-0.1, -0.05) is 262 Å². The second-order valence-electron chi connectivity index (χ2n) is 30.9. The van der Waals surface area contributed by atoms with Crippen molar-refractivity contribution in [1.82, 2.24) is 39.9 Å². The molecule has 0 aliphatic carbocycles. The minimum Gasteiger partial charge on any atom is -0.493 e. The normalized spacial score (nSPS) is 10.9. The number of ether oxygens (including phenoxy) is 5. The van der Waals surface area contributed by atoms with Crippen LogP contribution in [0.4, 0.5) is 51.3 Å². The number of hydrogen-bond donors (Lipinski definition) is 9. The Hall–Kier alpha value is -13.4. The van der Waals surface area contributed by atoms with Crippen molar-refractivity contribution in [3.05, 3.63) is 203 Å². The Labute approximate surface area is 742 Å². The van der Waals surface area contributed by atoms with E-state index in [-0.39, 0.29) is 135 Å². The first-order chi connectivity index (χ1) is 61.9. The fourth-order valence-corrected chi connectivity index (χ4v) is 13.4. The van der Waals surface area contributed by atoms with Crippen LogP contribution in [0.15, 0.2) is 152 Å². The van der Waals surface area contributed by atoms with Crippen LogP contribution in [0, 0.1) is 0 Å². The Balaban J connectivity index is 0.877. The highest BCUT2D eigenvalue weighted by molar-refractivity contribution is 6.10. The fraction of sp³-hybridized carbons (Fsp3) is 0.427. The van der Waals surface area contributed by atoms with Gasteiger partial charge in [0.15, 0.2) is 5.69 Å².